The molecule has 0 aliphatic heterocycles. The fourth-order valence-electron chi connectivity index (χ4n) is 3.94. The van der Waals surface area contributed by atoms with Crippen LogP contribution in [-0.4, -0.2) is 20.8 Å². The summed E-state index contributed by atoms with van der Waals surface area (Å²) < 4.78 is 56.6. The Morgan fingerprint density at radius 2 is 1.31 bits per heavy atom. The molecule has 39 heavy (non-hydrogen) atoms. The van der Waals surface area contributed by atoms with Crippen LogP contribution in [0.4, 0.5) is 24.5 Å². The van der Waals surface area contributed by atoms with E-state index in [1.165, 1.54) is 12.1 Å². The predicted molar refractivity (Wildman–Crippen MR) is 150 cm³/mol. The SMILES string of the molecule is COc1cc(Oc2ccc(Nc3ccc(Br)cc3)cc2)cc(OC)c1CNCCc1ccc(C(F)(F)F)cc1. The lowest BCUT2D eigenvalue weighted by molar-refractivity contribution is -0.137. The third-order valence-electron chi connectivity index (χ3n) is 5.98. The molecule has 0 spiro atoms. The summed E-state index contributed by atoms with van der Waals surface area (Å²) in [5.74, 6) is 2.41. The molecule has 204 valence electrons. The Labute approximate surface area is 234 Å². The minimum Gasteiger partial charge on any atom is -0.496 e. The Morgan fingerprint density at radius 1 is 0.744 bits per heavy atom. The molecule has 0 atom stereocenters. The molecule has 4 aromatic rings. The number of anilines is 2. The van der Waals surface area contributed by atoms with Gasteiger partial charge in [-0.1, -0.05) is 28.1 Å². The monoisotopic (exact) mass is 600 g/mol. The van der Waals surface area contributed by atoms with Crippen LogP contribution >= 0.6 is 15.9 Å². The summed E-state index contributed by atoms with van der Waals surface area (Å²) in [7, 11) is 3.15. The fraction of sp³-hybridized carbons (Fsp3) is 0.200. The smallest absolute Gasteiger partial charge is 0.416 e. The van der Waals surface area contributed by atoms with Gasteiger partial charge in [0.2, 0.25) is 0 Å². The third kappa shape index (κ3) is 7.91. The van der Waals surface area contributed by atoms with Crippen LogP contribution in [0, 0.1) is 0 Å². The lowest BCUT2D eigenvalue weighted by atomic mass is 10.1. The van der Waals surface area contributed by atoms with Crippen molar-refractivity contribution in [2.45, 2.75) is 19.1 Å². The maximum atomic E-state index is 12.8. The molecule has 0 saturated heterocycles. The van der Waals surface area contributed by atoms with E-state index >= 15 is 0 Å². The van der Waals surface area contributed by atoms with Gasteiger partial charge in [0, 0.05) is 34.5 Å². The quantitative estimate of drug-likeness (QED) is 0.169. The zero-order valence-corrected chi connectivity index (χ0v) is 23.0. The van der Waals surface area contributed by atoms with Crippen molar-refractivity contribution in [3.8, 4) is 23.0 Å². The molecule has 9 heteroatoms. The first-order chi connectivity index (χ1) is 18.7. The molecule has 0 heterocycles. The molecule has 0 aromatic heterocycles. The van der Waals surface area contributed by atoms with Crippen LogP contribution in [0.1, 0.15) is 16.7 Å². The number of alkyl halides is 3. The van der Waals surface area contributed by atoms with Gasteiger partial charge in [-0.2, -0.15) is 13.2 Å². The van der Waals surface area contributed by atoms with E-state index in [2.05, 4.69) is 26.6 Å². The summed E-state index contributed by atoms with van der Waals surface area (Å²) >= 11 is 3.43. The van der Waals surface area contributed by atoms with Gasteiger partial charge >= 0.3 is 6.18 Å². The van der Waals surface area contributed by atoms with Crippen molar-refractivity contribution >= 4 is 27.3 Å². The average molecular weight is 601 g/mol. The number of nitrogens with one attached hydrogen (secondary N) is 2. The molecular weight excluding hydrogens is 573 g/mol. The Balaban J connectivity index is 1.36. The van der Waals surface area contributed by atoms with Crippen molar-refractivity contribution in [2.24, 2.45) is 0 Å². The summed E-state index contributed by atoms with van der Waals surface area (Å²) in [5.41, 5.74) is 2.89. The van der Waals surface area contributed by atoms with Crippen molar-refractivity contribution in [3.63, 3.8) is 0 Å². The standard InChI is InChI=1S/C30H28BrF3N2O3/c1-37-28-17-26(39-25-13-11-24(12-14-25)36-23-9-7-22(31)8-10-23)18-29(38-2)27(28)19-35-16-15-20-3-5-21(6-4-20)30(32,33)34/h3-14,17-18,35-36H,15-16,19H2,1-2H3. The maximum Gasteiger partial charge on any atom is 0.416 e. The van der Waals surface area contributed by atoms with E-state index in [9.17, 15) is 13.2 Å². The molecule has 4 aromatic carbocycles. The zero-order valence-electron chi connectivity index (χ0n) is 21.4. The number of halogens is 4. The van der Waals surface area contributed by atoms with Crippen LogP contribution in [0.25, 0.3) is 0 Å². The molecule has 0 saturated carbocycles. The highest BCUT2D eigenvalue weighted by molar-refractivity contribution is 9.10. The molecular formula is C30H28BrF3N2O3. The van der Waals surface area contributed by atoms with E-state index in [1.54, 1.807) is 26.4 Å². The van der Waals surface area contributed by atoms with Gasteiger partial charge in [-0.3, -0.25) is 0 Å². The van der Waals surface area contributed by atoms with Gasteiger partial charge in [0.15, 0.2) is 0 Å². The van der Waals surface area contributed by atoms with Crippen molar-refractivity contribution in [3.05, 3.63) is 106 Å². The van der Waals surface area contributed by atoms with Gasteiger partial charge < -0.3 is 24.8 Å². The Kier molecular flexibility index (Phi) is 9.37. The number of hydrogen-bond acceptors (Lipinski definition) is 5. The second kappa shape index (κ2) is 12.9. The molecule has 0 fully saturated rings. The van der Waals surface area contributed by atoms with Gasteiger partial charge in [0.1, 0.15) is 23.0 Å². The van der Waals surface area contributed by atoms with Crippen molar-refractivity contribution in [1.29, 1.82) is 0 Å². The maximum absolute atomic E-state index is 12.8. The number of rotatable bonds is 11. The lowest BCUT2D eigenvalue weighted by Crippen LogP contribution is -2.18. The van der Waals surface area contributed by atoms with E-state index in [0.29, 0.717) is 42.5 Å². The number of hydrogen-bond donors (Lipinski definition) is 2. The Bertz CT molecular complexity index is 1340. The molecule has 5 nitrogen and oxygen atoms in total. The van der Waals surface area contributed by atoms with Crippen LogP contribution in [-0.2, 0) is 19.1 Å². The minimum absolute atomic E-state index is 0.448. The average Bonchev–Trinajstić information content (AvgIpc) is 2.93. The number of benzene rings is 4. The second-order valence-electron chi connectivity index (χ2n) is 8.69. The summed E-state index contributed by atoms with van der Waals surface area (Å²) in [4.78, 5) is 0. The van der Waals surface area contributed by atoms with Gasteiger partial charge in [-0.15, -0.1) is 0 Å². The normalized spacial score (nSPS) is 11.2. The molecule has 0 unspecified atom stereocenters. The number of methoxy groups -OCH3 is 2. The first-order valence-electron chi connectivity index (χ1n) is 12.2. The van der Waals surface area contributed by atoms with Crippen molar-refractivity contribution < 1.29 is 27.4 Å². The molecule has 2 N–H and O–H groups in total. The molecule has 0 amide bonds. The Morgan fingerprint density at radius 3 is 1.85 bits per heavy atom. The molecule has 0 bridgehead atoms. The second-order valence-corrected chi connectivity index (χ2v) is 9.60. The largest absolute Gasteiger partial charge is 0.496 e. The third-order valence-corrected chi connectivity index (χ3v) is 6.51. The van der Waals surface area contributed by atoms with E-state index < -0.39 is 11.7 Å². The first kappa shape index (κ1) is 28.3. The highest BCUT2D eigenvalue weighted by Gasteiger charge is 2.29. The lowest BCUT2D eigenvalue weighted by Gasteiger charge is -2.17. The Hall–Kier alpha value is -3.69. The van der Waals surface area contributed by atoms with Crippen LogP contribution in [0.3, 0.4) is 0 Å². The van der Waals surface area contributed by atoms with E-state index in [-0.39, 0.29) is 0 Å². The van der Waals surface area contributed by atoms with E-state index in [0.717, 1.165) is 39.1 Å². The highest BCUT2D eigenvalue weighted by atomic mass is 79.9. The molecule has 0 aliphatic carbocycles. The number of ether oxygens (including phenoxy) is 3. The zero-order chi connectivity index (χ0) is 27.8. The molecule has 4 rings (SSSR count). The van der Waals surface area contributed by atoms with Crippen LogP contribution in [0.2, 0.25) is 0 Å². The first-order valence-corrected chi connectivity index (χ1v) is 13.0. The van der Waals surface area contributed by atoms with Crippen LogP contribution in [0.15, 0.2) is 89.4 Å². The van der Waals surface area contributed by atoms with Gasteiger partial charge in [0.25, 0.3) is 0 Å². The van der Waals surface area contributed by atoms with Crippen LogP contribution < -0.4 is 24.8 Å². The molecule has 0 aliphatic rings. The fourth-order valence-corrected chi connectivity index (χ4v) is 4.21. The van der Waals surface area contributed by atoms with Crippen molar-refractivity contribution in [1.82, 2.24) is 5.32 Å². The van der Waals surface area contributed by atoms with E-state index in [4.69, 9.17) is 14.2 Å². The topological polar surface area (TPSA) is 51.8 Å². The minimum atomic E-state index is -4.33. The summed E-state index contributed by atoms with van der Waals surface area (Å²) in [6, 6.07) is 24.3. The molecule has 0 radical (unpaired) electrons. The highest BCUT2D eigenvalue weighted by Crippen LogP contribution is 2.36. The van der Waals surface area contributed by atoms with Gasteiger partial charge in [0.05, 0.1) is 25.3 Å². The summed E-state index contributed by atoms with van der Waals surface area (Å²) in [5, 5.41) is 6.65. The van der Waals surface area contributed by atoms with Gasteiger partial charge in [-0.05, 0) is 79.2 Å². The van der Waals surface area contributed by atoms with Crippen molar-refractivity contribution in [2.75, 3.05) is 26.1 Å². The van der Waals surface area contributed by atoms with Crippen LogP contribution in [0.5, 0.6) is 23.0 Å². The predicted octanol–water partition coefficient (Wildman–Crippen LogP) is 8.35. The van der Waals surface area contributed by atoms with E-state index in [1.807, 2.05) is 48.5 Å². The summed E-state index contributed by atoms with van der Waals surface area (Å²) in [6.07, 6.45) is -3.75. The summed E-state index contributed by atoms with van der Waals surface area (Å²) in [6.45, 7) is 1.01. The van der Waals surface area contributed by atoms with Gasteiger partial charge in [-0.25, -0.2) is 0 Å².